The highest BCUT2D eigenvalue weighted by Crippen LogP contribution is 2.30. The van der Waals surface area contributed by atoms with Crippen molar-refractivity contribution in [3.63, 3.8) is 0 Å². The average molecular weight is 403 g/mol. The monoisotopic (exact) mass is 403 g/mol. The van der Waals surface area contributed by atoms with Crippen LogP contribution in [0.4, 0.5) is 18.9 Å². The zero-order chi connectivity index (χ0) is 20.6. The number of carbonyl (C=O) groups is 1. The van der Waals surface area contributed by atoms with E-state index in [0.717, 1.165) is 18.2 Å². The summed E-state index contributed by atoms with van der Waals surface area (Å²) >= 11 is 0. The smallest absolute Gasteiger partial charge is 0.345 e. The second kappa shape index (κ2) is 7.01. The van der Waals surface area contributed by atoms with Crippen molar-refractivity contribution in [3.05, 3.63) is 47.8 Å². The first-order chi connectivity index (χ1) is 12.2. The molecule has 0 aliphatic rings. The SMILES string of the molecule is Cn1cc(S(=O)(=O)NC(C)(C)C)cc1C(=O)Nc1cccc(C(F)(F)F)c1. The number of nitrogens with one attached hydrogen (secondary N) is 2. The van der Waals surface area contributed by atoms with Crippen molar-refractivity contribution in [3.8, 4) is 0 Å². The van der Waals surface area contributed by atoms with E-state index in [4.69, 9.17) is 0 Å². The quantitative estimate of drug-likeness (QED) is 0.821. The molecule has 1 heterocycles. The fraction of sp³-hybridized carbons (Fsp3) is 0.353. The largest absolute Gasteiger partial charge is 0.416 e. The summed E-state index contributed by atoms with van der Waals surface area (Å²) in [6, 6.07) is 5.35. The van der Waals surface area contributed by atoms with Crippen LogP contribution in [0, 0.1) is 0 Å². The fourth-order valence-electron chi connectivity index (χ4n) is 2.34. The number of anilines is 1. The Morgan fingerprint density at radius 1 is 1.11 bits per heavy atom. The maximum Gasteiger partial charge on any atom is 0.416 e. The number of aromatic nitrogens is 1. The molecule has 2 N–H and O–H groups in total. The van der Waals surface area contributed by atoms with E-state index in [9.17, 15) is 26.4 Å². The molecule has 1 aromatic carbocycles. The summed E-state index contributed by atoms with van der Waals surface area (Å²) < 4.78 is 66.8. The lowest BCUT2D eigenvalue weighted by molar-refractivity contribution is -0.137. The summed E-state index contributed by atoms with van der Waals surface area (Å²) in [5, 5.41) is 2.35. The Bertz CT molecular complexity index is 958. The number of halogens is 3. The van der Waals surface area contributed by atoms with E-state index in [1.807, 2.05) is 0 Å². The van der Waals surface area contributed by atoms with Crippen LogP contribution < -0.4 is 10.0 Å². The molecule has 0 saturated carbocycles. The number of hydrogen-bond donors (Lipinski definition) is 2. The highest BCUT2D eigenvalue weighted by Gasteiger charge is 2.30. The van der Waals surface area contributed by atoms with Crippen LogP contribution in [0.15, 0.2) is 41.4 Å². The van der Waals surface area contributed by atoms with Crippen molar-refractivity contribution in [1.29, 1.82) is 0 Å². The Balaban J connectivity index is 2.27. The van der Waals surface area contributed by atoms with E-state index in [-0.39, 0.29) is 16.3 Å². The van der Waals surface area contributed by atoms with Gasteiger partial charge in [0.25, 0.3) is 5.91 Å². The van der Waals surface area contributed by atoms with Crippen LogP contribution in [-0.4, -0.2) is 24.4 Å². The van der Waals surface area contributed by atoms with Crippen LogP contribution in [-0.2, 0) is 23.2 Å². The molecule has 6 nitrogen and oxygen atoms in total. The molecule has 0 bridgehead atoms. The number of carbonyl (C=O) groups excluding carboxylic acids is 1. The van der Waals surface area contributed by atoms with E-state index in [1.165, 1.54) is 29.9 Å². The molecule has 1 amide bonds. The minimum absolute atomic E-state index is 0.0123. The van der Waals surface area contributed by atoms with E-state index in [0.29, 0.717) is 0 Å². The zero-order valence-corrected chi connectivity index (χ0v) is 16.0. The number of nitrogens with zero attached hydrogens (tertiary/aromatic N) is 1. The molecular weight excluding hydrogens is 383 g/mol. The molecule has 27 heavy (non-hydrogen) atoms. The van der Waals surface area contributed by atoms with Crippen LogP contribution >= 0.6 is 0 Å². The minimum atomic E-state index is -4.54. The standard InChI is InChI=1S/C17H20F3N3O3S/c1-16(2,3)22-27(25,26)13-9-14(23(4)10-13)15(24)21-12-7-5-6-11(8-12)17(18,19)20/h5-10,22H,1-4H3,(H,21,24). The van der Waals surface area contributed by atoms with Crippen molar-refractivity contribution in [2.75, 3.05) is 5.32 Å². The van der Waals surface area contributed by atoms with E-state index in [1.54, 1.807) is 20.8 Å². The van der Waals surface area contributed by atoms with Crippen LogP contribution in [0.25, 0.3) is 0 Å². The van der Waals surface area contributed by atoms with Gasteiger partial charge in [0.05, 0.1) is 5.56 Å². The molecule has 0 radical (unpaired) electrons. The number of alkyl halides is 3. The summed E-state index contributed by atoms with van der Waals surface area (Å²) in [6.07, 6.45) is -3.28. The second-order valence-corrected chi connectivity index (χ2v) is 8.74. The number of benzene rings is 1. The lowest BCUT2D eigenvalue weighted by Gasteiger charge is -2.19. The average Bonchev–Trinajstić information content (AvgIpc) is 2.87. The summed E-state index contributed by atoms with van der Waals surface area (Å²) in [6.45, 7) is 5.03. The molecule has 0 aliphatic carbocycles. The molecule has 0 aliphatic heterocycles. The Hall–Kier alpha value is -2.33. The first kappa shape index (κ1) is 21.0. The van der Waals surface area contributed by atoms with Crippen LogP contribution in [0.5, 0.6) is 0 Å². The van der Waals surface area contributed by atoms with Crippen LogP contribution in [0.2, 0.25) is 0 Å². The van der Waals surface area contributed by atoms with Crippen molar-refractivity contribution in [2.24, 2.45) is 7.05 Å². The molecule has 2 rings (SSSR count). The van der Waals surface area contributed by atoms with Gasteiger partial charge in [0, 0.05) is 24.5 Å². The fourth-order valence-corrected chi connectivity index (χ4v) is 3.83. The third-order valence-corrected chi connectivity index (χ3v) is 5.14. The summed E-state index contributed by atoms with van der Waals surface area (Å²) in [7, 11) is -2.38. The number of rotatable bonds is 4. The molecule has 148 valence electrons. The Labute approximate surface area is 155 Å². The van der Waals surface area contributed by atoms with Crippen molar-refractivity contribution in [2.45, 2.75) is 37.4 Å². The van der Waals surface area contributed by atoms with Crippen molar-refractivity contribution in [1.82, 2.24) is 9.29 Å². The maximum absolute atomic E-state index is 12.8. The lowest BCUT2D eigenvalue weighted by atomic mass is 10.1. The molecule has 0 atom stereocenters. The Morgan fingerprint density at radius 2 is 1.74 bits per heavy atom. The zero-order valence-electron chi connectivity index (χ0n) is 15.2. The Morgan fingerprint density at radius 3 is 2.30 bits per heavy atom. The third-order valence-electron chi connectivity index (χ3n) is 3.41. The van der Waals surface area contributed by atoms with Gasteiger partial charge in [-0.2, -0.15) is 13.2 Å². The van der Waals surface area contributed by atoms with Gasteiger partial charge in [-0.15, -0.1) is 0 Å². The van der Waals surface area contributed by atoms with Crippen molar-refractivity contribution >= 4 is 21.6 Å². The summed E-state index contributed by atoms with van der Waals surface area (Å²) in [5.41, 5.74) is -1.67. The number of hydrogen-bond acceptors (Lipinski definition) is 3. The molecule has 0 saturated heterocycles. The summed E-state index contributed by atoms with van der Waals surface area (Å²) in [5.74, 6) is -0.728. The number of amides is 1. The van der Waals surface area contributed by atoms with Gasteiger partial charge >= 0.3 is 6.18 Å². The normalized spacial score (nSPS) is 12.9. The molecule has 1 aromatic heterocycles. The van der Waals surface area contributed by atoms with E-state index < -0.39 is 33.2 Å². The summed E-state index contributed by atoms with van der Waals surface area (Å²) in [4.78, 5) is 12.3. The van der Waals surface area contributed by atoms with Gasteiger partial charge < -0.3 is 9.88 Å². The molecule has 10 heteroatoms. The number of sulfonamides is 1. The van der Waals surface area contributed by atoms with E-state index >= 15 is 0 Å². The minimum Gasteiger partial charge on any atom is -0.345 e. The van der Waals surface area contributed by atoms with Gasteiger partial charge in [-0.05, 0) is 45.0 Å². The third kappa shape index (κ3) is 5.33. The predicted molar refractivity (Wildman–Crippen MR) is 94.9 cm³/mol. The van der Waals surface area contributed by atoms with Gasteiger partial charge in [0.2, 0.25) is 10.0 Å². The van der Waals surface area contributed by atoms with Crippen LogP contribution in [0.1, 0.15) is 36.8 Å². The van der Waals surface area contributed by atoms with Gasteiger partial charge in [0.15, 0.2) is 0 Å². The maximum atomic E-state index is 12.8. The molecule has 0 spiro atoms. The van der Waals surface area contributed by atoms with Gasteiger partial charge in [0.1, 0.15) is 10.6 Å². The van der Waals surface area contributed by atoms with Gasteiger partial charge in [-0.25, -0.2) is 13.1 Å². The predicted octanol–water partition coefficient (Wildman–Crippen LogP) is 3.37. The molecule has 0 unspecified atom stereocenters. The van der Waals surface area contributed by atoms with Crippen molar-refractivity contribution < 1.29 is 26.4 Å². The first-order valence-electron chi connectivity index (χ1n) is 7.88. The Kier molecular flexibility index (Phi) is 5.44. The molecule has 0 fully saturated rings. The number of aryl methyl sites for hydroxylation is 1. The topological polar surface area (TPSA) is 80.2 Å². The molecular formula is C17H20F3N3O3S. The van der Waals surface area contributed by atoms with Gasteiger partial charge in [-0.1, -0.05) is 6.07 Å². The van der Waals surface area contributed by atoms with Crippen LogP contribution in [0.3, 0.4) is 0 Å². The first-order valence-corrected chi connectivity index (χ1v) is 9.36. The van der Waals surface area contributed by atoms with Gasteiger partial charge in [-0.3, -0.25) is 4.79 Å². The van der Waals surface area contributed by atoms with E-state index in [2.05, 4.69) is 10.0 Å². The lowest BCUT2D eigenvalue weighted by Crippen LogP contribution is -2.40. The second-order valence-electron chi connectivity index (χ2n) is 7.06. The highest BCUT2D eigenvalue weighted by atomic mass is 32.2. The highest BCUT2D eigenvalue weighted by molar-refractivity contribution is 7.89. The molecule has 2 aromatic rings.